The third kappa shape index (κ3) is 8.31. The maximum absolute atomic E-state index is 15.1. The van der Waals surface area contributed by atoms with E-state index in [1.54, 1.807) is 24.3 Å². The number of rotatable bonds is 11. The maximum Gasteiger partial charge on any atom is 0.146 e. The first-order valence-corrected chi connectivity index (χ1v) is 13.7. The summed E-state index contributed by atoms with van der Waals surface area (Å²) >= 11 is 0. The van der Waals surface area contributed by atoms with Crippen LogP contribution in [-0.2, 0) is 6.42 Å². The zero-order valence-electron chi connectivity index (χ0n) is 24.8. The van der Waals surface area contributed by atoms with Crippen LogP contribution in [0.1, 0.15) is 67.8 Å². The number of nitrogens with one attached hydrogen (secondary N) is 2. The first-order valence-electron chi connectivity index (χ1n) is 13.7. The summed E-state index contributed by atoms with van der Waals surface area (Å²) in [5.74, 6) is -0.769. The van der Waals surface area contributed by atoms with Gasteiger partial charge in [-0.2, -0.15) is 0 Å². The van der Waals surface area contributed by atoms with E-state index in [-0.39, 0.29) is 16.9 Å². The minimum Gasteiger partial charge on any atom is -0.396 e. The molecule has 0 radical (unpaired) electrons. The van der Waals surface area contributed by atoms with Crippen LogP contribution < -0.4 is 11.1 Å². The molecule has 0 aliphatic carbocycles. The highest BCUT2D eigenvalue weighted by atomic mass is 19.1. The lowest BCUT2D eigenvalue weighted by atomic mass is 9.91. The van der Waals surface area contributed by atoms with Gasteiger partial charge in [-0.3, -0.25) is 0 Å². The van der Waals surface area contributed by atoms with E-state index < -0.39 is 5.82 Å². The second-order valence-corrected chi connectivity index (χ2v) is 11.4. The maximum atomic E-state index is 15.1. The highest BCUT2D eigenvalue weighted by molar-refractivity contribution is 5.82. The Morgan fingerprint density at radius 2 is 1.73 bits per heavy atom. The first-order chi connectivity index (χ1) is 19.3. The van der Waals surface area contributed by atoms with Crippen LogP contribution in [0.15, 0.2) is 104 Å². The van der Waals surface area contributed by atoms with Crippen LogP contribution in [0.3, 0.4) is 0 Å². The molecule has 4 N–H and O–H groups in total. The summed E-state index contributed by atoms with van der Waals surface area (Å²) in [7, 11) is 0. The van der Waals surface area contributed by atoms with Crippen LogP contribution in [-0.4, -0.2) is 4.98 Å². The van der Waals surface area contributed by atoms with Crippen molar-refractivity contribution in [3.05, 3.63) is 149 Å². The van der Waals surface area contributed by atoms with E-state index >= 15 is 4.39 Å². The van der Waals surface area contributed by atoms with Crippen molar-refractivity contribution in [1.82, 2.24) is 10.3 Å². The van der Waals surface area contributed by atoms with Crippen molar-refractivity contribution in [3.63, 3.8) is 0 Å². The number of H-pyrrole nitrogens is 1. The molecule has 0 saturated carbocycles. The topological polar surface area (TPSA) is 53.8 Å². The average Bonchev–Trinajstić information content (AvgIpc) is 3.26. The fourth-order valence-electron chi connectivity index (χ4n) is 4.82. The van der Waals surface area contributed by atoms with Gasteiger partial charge < -0.3 is 16.0 Å². The normalized spacial score (nSPS) is 12.8. The van der Waals surface area contributed by atoms with Crippen LogP contribution in [0, 0.1) is 24.0 Å². The molecule has 0 aliphatic heterocycles. The molecular weight excluding hydrogens is 512 g/mol. The molecule has 0 fully saturated rings. The summed E-state index contributed by atoms with van der Waals surface area (Å²) in [6.45, 7) is 22.3. The molecule has 0 aliphatic rings. The number of aryl methyl sites for hydroxylation is 1. The summed E-state index contributed by atoms with van der Waals surface area (Å²) < 4.78 is 28.7. The van der Waals surface area contributed by atoms with E-state index in [9.17, 15) is 4.39 Å². The van der Waals surface area contributed by atoms with Crippen LogP contribution in [0.4, 0.5) is 14.5 Å². The Bertz CT molecular complexity index is 1520. The molecule has 0 unspecified atom stereocenters. The summed E-state index contributed by atoms with van der Waals surface area (Å²) in [6, 6.07) is 11.8. The Labute approximate surface area is 243 Å². The van der Waals surface area contributed by atoms with Gasteiger partial charge >= 0.3 is 0 Å². The van der Waals surface area contributed by atoms with E-state index in [1.165, 1.54) is 18.2 Å². The standard InChI is InChI=1S/C36H41F2N3/c1-9-12-32(26-13-15-29(37)16-14-26)33-21-31(41-24(33)5)19-28-17-27(20-34(38)35(28)39)25(10-2)18-30(11-3)40-23(4)22-36(6,7)8/h9-18,20-21,40-41H,1,3-4,19,22,39H2,2,5-8H3/b25-10+,30-18+,32-12-. The number of anilines is 1. The van der Waals surface area contributed by atoms with E-state index in [1.807, 2.05) is 44.2 Å². The third-order valence-electron chi connectivity index (χ3n) is 6.64. The van der Waals surface area contributed by atoms with Crippen molar-refractivity contribution in [2.75, 3.05) is 5.73 Å². The van der Waals surface area contributed by atoms with Crippen molar-refractivity contribution in [2.45, 2.75) is 47.5 Å². The molecule has 0 bridgehead atoms. The molecule has 3 nitrogen and oxygen atoms in total. The van der Waals surface area contributed by atoms with Gasteiger partial charge in [0.25, 0.3) is 0 Å². The minimum absolute atomic E-state index is 0.0894. The molecule has 0 atom stereocenters. The summed E-state index contributed by atoms with van der Waals surface area (Å²) in [5, 5.41) is 3.34. The Morgan fingerprint density at radius 1 is 1.05 bits per heavy atom. The SMILES string of the molecule is C=C/C=C(/c1ccc(F)cc1)c1cc(Cc2cc(C(/C=C(\C=C)NC(=C)CC(C)(C)C)=C/C)cc(F)c2N)[nH]c1C. The predicted octanol–water partition coefficient (Wildman–Crippen LogP) is 9.40. The Hall–Kier alpha value is -4.38. The second kappa shape index (κ2) is 13.3. The fraction of sp³-hybridized carbons (Fsp3) is 0.222. The van der Waals surface area contributed by atoms with Crippen molar-refractivity contribution in [2.24, 2.45) is 5.41 Å². The zero-order valence-corrected chi connectivity index (χ0v) is 24.8. The molecule has 1 aromatic heterocycles. The quantitative estimate of drug-likeness (QED) is 0.164. The number of halogens is 2. The molecule has 2 aromatic carbocycles. The van der Waals surface area contributed by atoms with Gasteiger partial charge in [0.1, 0.15) is 11.6 Å². The highest BCUT2D eigenvalue weighted by Crippen LogP contribution is 2.31. The number of nitrogens with two attached hydrogens (primary N) is 1. The zero-order chi connectivity index (χ0) is 30.3. The lowest BCUT2D eigenvalue weighted by Gasteiger charge is -2.21. The number of benzene rings is 2. The summed E-state index contributed by atoms with van der Waals surface area (Å²) in [5.41, 5.74) is 14.8. The summed E-state index contributed by atoms with van der Waals surface area (Å²) in [4.78, 5) is 3.42. The lowest BCUT2D eigenvalue weighted by Crippen LogP contribution is -2.16. The van der Waals surface area contributed by atoms with Gasteiger partial charge in [-0.25, -0.2) is 8.78 Å². The smallest absolute Gasteiger partial charge is 0.146 e. The monoisotopic (exact) mass is 553 g/mol. The van der Waals surface area contributed by atoms with Gasteiger partial charge in [0, 0.05) is 34.8 Å². The van der Waals surface area contributed by atoms with Crippen molar-refractivity contribution in [3.8, 4) is 0 Å². The number of allylic oxidation sites excluding steroid dienone is 7. The van der Waals surface area contributed by atoms with Crippen molar-refractivity contribution < 1.29 is 8.78 Å². The van der Waals surface area contributed by atoms with Gasteiger partial charge in [0.05, 0.1) is 5.69 Å². The number of hydrogen-bond donors (Lipinski definition) is 3. The van der Waals surface area contributed by atoms with Crippen LogP contribution in [0.25, 0.3) is 11.1 Å². The molecular formula is C36H41F2N3. The molecule has 3 rings (SSSR count). The predicted molar refractivity (Wildman–Crippen MR) is 171 cm³/mol. The largest absolute Gasteiger partial charge is 0.396 e. The van der Waals surface area contributed by atoms with E-state index in [2.05, 4.69) is 50.8 Å². The molecule has 3 aromatic rings. The molecule has 1 heterocycles. The van der Waals surface area contributed by atoms with Crippen LogP contribution in [0.2, 0.25) is 0 Å². The van der Waals surface area contributed by atoms with Gasteiger partial charge in [-0.15, -0.1) is 0 Å². The van der Waals surface area contributed by atoms with Gasteiger partial charge in [0.15, 0.2) is 0 Å². The highest BCUT2D eigenvalue weighted by Gasteiger charge is 2.16. The van der Waals surface area contributed by atoms with Gasteiger partial charge in [-0.05, 0) is 96.0 Å². The lowest BCUT2D eigenvalue weighted by molar-refractivity contribution is 0.403. The average molecular weight is 554 g/mol. The molecule has 0 spiro atoms. The van der Waals surface area contributed by atoms with E-state index in [0.29, 0.717) is 17.5 Å². The molecule has 0 saturated heterocycles. The number of aromatic nitrogens is 1. The number of aromatic amines is 1. The fourth-order valence-corrected chi connectivity index (χ4v) is 4.82. The molecule has 214 valence electrons. The molecule has 41 heavy (non-hydrogen) atoms. The number of hydrogen-bond acceptors (Lipinski definition) is 2. The van der Waals surface area contributed by atoms with E-state index in [4.69, 9.17) is 5.73 Å². The first kappa shape index (κ1) is 31.2. The van der Waals surface area contributed by atoms with Gasteiger partial charge in [0.2, 0.25) is 0 Å². The minimum atomic E-state index is -0.474. The summed E-state index contributed by atoms with van der Waals surface area (Å²) in [6.07, 6.45) is 10.4. The number of nitrogen functional groups attached to an aromatic ring is 1. The molecule has 5 heteroatoms. The van der Waals surface area contributed by atoms with Crippen LogP contribution >= 0.6 is 0 Å². The Morgan fingerprint density at radius 3 is 2.32 bits per heavy atom. The van der Waals surface area contributed by atoms with Gasteiger partial charge in [-0.1, -0.05) is 70.9 Å². The molecule has 0 amide bonds. The van der Waals surface area contributed by atoms with Crippen LogP contribution in [0.5, 0.6) is 0 Å². The Balaban J connectivity index is 1.95. The second-order valence-electron chi connectivity index (χ2n) is 11.4. The van der Waals surface area contributed by atoms with E-state index in [0.717, 1.165) is 51.5 Å². The van der Waals surface area contributed by atoms with Crippen molar-refractivity contribution in [1.29, 1.82) is 0 Å². The third-order valence-corrected chi connectivity index (χ3v) is 6.64. The van der Waals surface area contributed by atoms with Crippen molar-refractivity contribution >= 4 is 16.8 Å². The Kier molecular flexibility index (Phi) is 10.1.